The van der Waals surface area contributed by atoms with Crippen molar-refractivity contribution < 1.29 is 9.21 Å². The van der Waals surface area contributed by atoms with E-state index in [4.69, 9.17) is 4.42 Å². The number of carbonyl (C=O) groups excluding carboxylic acids is 1. The summed E-state index contributed by atoms with van der Waals surface area (Å²) in [5, 5.41) is 1.01. The van der Waals surface area contributed by atoms with Crippen LogP contribution in [0.2, 0.25) is 0 Å². The van der Waals surface area contributed by atoms with Crippen LogP contribution in [0.25, 0.3) is 11.0 Å². The van der Waals surface area contributed by atoms with Crippen LogP contribution in [-0.4, -0.2) is 33.4 Å². The number of piperidine rings is 1. The molecule has 118 valence electrons. The smallest absolute Gasteiger partial charge is 0.289 e. The number of para-hydroxylation sites is 1. The summed E-state index contributed by atoms with van der Waals surface area (Å²) in [5.74, 6) is 0.459. The van der Waals surface area contributed by atoms with E-state index in [1.807, 2.05) is 48.6 Å². The van der Waals surface area contributed by atoms with Crippen molar-refractivity contribution in [3.05, 3.63) is 54.3 Å². The zero-order valence-corrected chi connectivity index (χ0v) is 13.1. The van der Waals surface area contributed by atoms with E-state index in [0.717, 1.165) is 35.9 Å². The molecule has 1 aliphatic rings. The average Bonchev–Trinajstić information content (AvgIpc) is 3.23. The average molecular weight is 309 g/mol. The SMILES string of the molecule is Cc1c(C(=O)N2CCC[C@H](n3ccnc3)C2)oc2ccccc12. The molecule has 0 unspecified atom stereocenters. The zero-order chi connectivity index (χ0) is 15.8. The molecular weight excluding hydrogens is 290 g/mol. The van der Waals surface area contributed by atoms with Crippen LogP contribution in [0.3, 0.4) is 0 Å². The summed E-state index contributed by atoms with van der Waals surface area (Å²) in [6.45, 7) is 3.43. The van der Waals surface area contributed by atoms with Crippen LogP contribution in [0.15, 0.2) is 47.4 Å². The van der Waals surface area contributed by atoms with Gasteiger partial charge in [0.1, 0.15) is 5.58 Å². The van der Waals surface area contributed by atoms with Gasteiger partial charge in [-0.05, 0) is 25.8 Å². The van der Waals surface area contributed by atoms with E-state index in [1.165, 1.54) is 0 Å². The maximum absolute atomic E-state index is 12.9. The highest BCUT2D eigenvalue weighted by atomic mass is 16.3. The zero-order valence-electron chi connectivity index (χ0n) is 13.1. The number of aromatic nitrogens is 2. The van der Waals surface area contributed by atoms with Gasteiger partial charge in [-0.1, -0.05) is 18.2 Å². The third kappa shape index (κ3) is 2.42. The van der Waals surface area contributed by atoms with Gasteiger partial charge in [-0.15, -0.1) is 0 Å². The van der Waals surface area contributed by atoms with Gasteiger partial charge in [-0.25, -0.2) is 4.98 Å². The topological polar surface area (TPSA) is 51.3 Å². The summed E-state index contributed by atoms with van der Waals surface area (Å²) >= 11 is 0. The van der Waals surface area contributed by atoms with Crippen molar-refractivity contribution in [2.45, 2.75) is 25.8 Å². The molecular formula is C18H19N3O2. The van der Waals surface area contributed by atoms with E-state index < -0.39 is 0 Å². The predicted molar refractivity (Wildman–Crippen MR) is 87.4 cm³/mol. The lowest BCUT2D eigenvalue weighted by Gasteiger charge is -2.33. The monoisotopic (exact) mass is 309 g/mol. The highest BCUT2D eigenvalue weighted by Gasteiger charge is 2.28. The largest absolute Gasteiger partial charge is 0.451 e. The molecule has 1 atom stereocenters. The lowest BCUT2D eigenvalue weighted by Crippen LogP contribution is -2.40. The second-order valence-electron chi connectivity index (χ2n) is 6.11. The number of rotatable bonds is 2. The van der Waals surface area contributed by atoms with E-state index in [9.17, 15) is 4.79 Å². The molecule has 0 bridgehead atoms. The van der Waals surface area contributed by atoms with Crippen molar-refractivity contribution in [2.24, 2.45) is 0 Å². The third-order valence-electron chi connectivity index (χ3n) is 4.67. The molecule has 0 spiro atoms. The van der Waals surface area contributed by atoms with Crippen LogP contribution in [0.1, 0.15) is 35.0 Å². The molecule has 0 radical (unpaired) electrons. The van der Waals surface area contributed by atoms with E-state index in [-0.39, 0.29) is 5.91 Å². The number of hydrogen-bond acceptors (Lipinski definition) is 3. The third-order valence-corrected chi connectivity index (χ3v) is 4.67. The minimum Gasteiger partial charge on any atom is -0.451 e. The van der Waals surface area contributed by atoms with Crippen molar-refractivity contribution >= 4 is 16.9 Å². The molecule has 4 rings (SSSR count). The molecule has 0 N–H and O–H groups in total. The lowest BCUT2D eigenvalue weighted by atomic mass is 10.0. The molecule has 1 amide bonds. The summed E-state index contributed by atoms with van der Waals surface area (Å²) in [6, 6.07) is 8.09. The second-order valence-corrected chi connectivity index (χ2v) is 6.11. The first-order chi connectivity index (χ1) is 11.2. The fourth-order valence-corrected chi connectivity index (χ4v) is 3.39. The maximum Gasteiger partial charge on any atom is 0.289 e. The number of benzene rings is 1. The van der Waals surface area contributed by atoms with Crippen LogP contribution in [-0.2, 0) is 0 Å². The van der Waals surface area contributed by atoms with Crippen molar-refractivity contribution in [1.82, 2.24) is 14.5 Å². The molecule has 1 saturated heterocycles. The van der Waals surface area contributed by atoms with Crippen molar-refractivity contribution in [1.29, 1.82) is 0 Å². The van der Waals surface area contributed by atoms with Gasteiger partial charge in [0, 0.05) is 36.4 Å². The number of amides is 1. The maximum atomic E-state index is 12.9. The molecule has 5 nitrogen and oxygen atoms in total. The van der Waals surface area contributed by atoms with Gasteiger partial charge in [0.25, 0.3) is 5.91 Å². The van der Waals surface area contributed by atoms with Crippen LogP contribution < -0.4 is 0 Å². The standard InChI is InChI=1S/C18H19N3O2/c1-13-15-6-2-3-7-16(15)23-17(13)18(22)20-9-4-5-14(11-20)21-10-8-19-12-21/h2-3,6-8,10,12,14H,4-5,9,11H2,1H3/t14-/m0/s1. The summed E-state index contributed by atoms with van der Waals surface area (Å²) in [7, 11) is 0. The Morgan fingerprint density at radius 1 is 1.35 bits per heavy atom. The van der Waals surface area contributed by atoms with Crippen molar-refractivity contribution in [2.75, 3.05) is 13.1 Å². The molecule has 5 heteroatoms. The summed E-state index contributed by atoms with van der Waals surface area (Å²) in [6.07, 6.45) is 7.63. The number of fused-ring (bicyclic) bond motifs is 1. The Bertz CT molecular complexity index is 835. The number of likely N-dealkylation sites (tertiary alicyclic amines) is 1. The minimum atomic E-state index is -0.0106. The molecule has 0 aliphatic carbocycles. The van der Waals surface area contributed by atoms with Gasteiger partial charge in [0.2, 0.25) is 0 Å². The first-order valence-electron chi connectivity index (χ1n) is 7.99. The molecule has 23 heavy (non-hydrogen) atoms. The highest BCUT2D eigenvalue weighted by molar-refractivity contribution is 5.98. The molecule has 2 aromatic heterocycles. The first-order valence-corrected chi connectivity index (χ1v) is 7.99. The van der Waals surface area contributed by atoms with Crippen LogP contribution in [0.5, 0.6) is 0 Å². The van der Waals surface area contributed by atoms with Gasteiger partial charge in [0.15, 0.2) is 5.76 Å². The molecule has 1 fully saturated rings. The Morgan fingerprint density at radius 2 is 2.22 bits per heavy atom. The summed E-state index contributed by atoms with van der Waals surface area (Å²) in [5.41, 5.74) is 1.70. The Labute approximate surface area is 134 Å². The molecule has 3 heterocycles. The van der Waals surface area contributed by atoms with E-state index in [1.54, 1.807) is 6.20 Å². The van der Waals surface area contributed by atoms with Gasteiger partial charge in [0.05, 0.1) is 12.4 Å². The van der Waals surface area contributed by atoms with Gasteiger partial charge in [-0.3, -0.25) is 4.79 Å². The fraction of sp³-hybridized carbons (Fsp3) is 0.333. The first kappa shape index (κ1) is 14.1. The number of carbonyl (C=O) groups is 1. The molecule has 1 aliphatic heterocycles. The van der Waals surface area contributed by atoms with Gasteiger partial charge in [-0.2, -0.15) is 0 Å². The number of furan rings is 1. The number of nitrogens with zero attached hydrogens (tertiary/aromatic N) is 3. The highest BCUT2D eigenvalue weighted by Crippen LogP contribution is 2.28. The van der Waals surface area contributed by atoms with E-state index >= 15 is 0 Å². The van der Waals surface area contributed by atoms with Crippen molar-refractivity contribution in [3.8, 4) is 0 Å². The number of aryl methyl sites for hydroxylation is 1. The Morgan fingerprint density at radius 3 is 3.00 bits per heavy atom. The Balaban J connectivity index is 1.61. The summed E-state index contributed by atoms with van der Waals surface area (Å²) in [4.78, 5) is 18.9. The normalized spacial score (nSPS) is 18.5. The van der Waals surface area contributed by atoms with Crippen molar-refractivity contribution in [3.63, 3.8) is 0 Å². The minimum absolute atomic E-state index is 0.0106. The van der Waals surface area contributed by atoms with Crippen LogP contribution in [0, 0.1) is 6.92 Å². The van der Waals surface area contributed by atoms with E-state index in [2.05, 4.69) is 9.55 Å². The lowest BCUT2D eigenvalue weighted by molar-refractivity contribution is 0.0648. The fourth-order valence-electron chi connectivity index (χ4n) is 3.39. The molecule has 0 saturated carbocycles. The van der Waals surface area contributed by atoms with Gasteiger partial charge >= 0.3 is 0 Å². The second kappa shape index (κ2) is 5.57. The number of hydrogen-bond donors (Lipinski definition) is 0. The van der Waals surface area contributed by atoms with Gasteiger partial charge < -0.3 is 13.9 Å². The molecule has 1 aromatic carbocycles. The van der Waals surface area contributed by atoms with Crippen LogP contribution in [0.4, 0.5) is 0 Å². The van der Waals surface area contributed by atoms with E-state index in [0.29, 0.717) is 18.3 Å². The quantitative estimate of drug-likeness (QED) is 0.729. The predicted octanol–water partition coefficient (Wildman–Crippen LogP) is 3.42. The summed E-state index contributed by atoms with van der Waals surface area (Å²) < 4.78 is 7.92. The van der Waals surface area contributed by atoms with Crippen LogP contribution >= 0.6 is 0 Å². The Kier molecular flexibility index (Phi) is 3.41. The molecule has 3 aromatic rings. The Hall–Kier alpha value is -2.56. The number of imidazole rings is 1.